The van der Waals surface area contributed by atoms with Crippen LogP contribution in [0.1, 0.15) is 12.5 Å². The topological polar surface area (TPSA) is 58.2 Å². The van der Waals surface area contributed by atoms with Crippen molar-refractivity contribution in [3.63, 3.8) is 0 Å². The average Bonchev–Trinajstić information content (AvgIpc) is 2.83. The van der Waals surface area contributed by atoms with Gasteiger partial charge in [0.25, 0.3) is 5.91 Å². The Kier molecular flexibility index (Phi) is 4.24. The summed E-state index contributed by atoms with van der Waals surface area (Å²) in [7, 11) is 0. The van der Waals surface area contributed by atoms with Gasteiger partial charge in [-0.3, -0.25) is 9.59 Å². The van der Waals surface area contributed by atoms with Crippen molar-refractivity contribution < 1.29 is 9.59 Å². The number of nitrogens with one attached hydrogen (secondary N) is 2. The number of carbonyl (C=O) groups is 2. The molecule has 4 nitrogen and oxygen atoms in total. The fourth-order valence-corrected chi connectivity index (χ4v) is 2.73. The molecule has 1 atom stereocenters. The van der Waals surface area contributed by atoms with Crippen molar-refractivity contribution in [3.8, 4) is 0 Å². The van der Waals surface area contributed by atoms with Crippen molar-refractivity contribution in [2.45, 2.75) is 19.4 Å². The van der Waals surface area contributed by atoms with Crippen molar-refractivity contribution in [3.05, 3.63) is 77.5 Å². The number of benzene rings is 2. The number of Topliss-reactive ketones (excluding diaryl/α,β-unsaturated/α-hetero) is 1. The molecule has 0 aliphatic carbocycles. The third-order valence-electron chi connectivity index (χ3n) is 3.86. The van der Waals surface area contributed by atoms with Gasteiger partial charge in [-0.25, -0.2) is 0 Å². The monoisotopic (exact) mass is 306 g/mol. The zero-order chi connectivity index (χ0) is 16.2. The Morgan fingerprint density at radius 2 is 1.61 bits per heavy atom. The second kappa shape index (κ2) is 6.48. The van der Waals surface area contributed by atoms with E-state index < -0.39 is 6.04 Å². The normalized spacial score (nSPS) is 19.4. The molecule has 1 aliphatic rings. The Hall–Kier alpha value is -2.88. The largest absolute Gasteiger partial charge is 0.358 e. The van der Waals surface area contributed by atoms with Crippen LogP contribution in [0.2, 0.25) is 0 Å². The molecular weight excluding hydrogens is 288 g/mol. The summed E-state index contributed by atoms with van der Waals surface area (Å²) in [5.74, 6) is -0.461. The SMILES string of the molecule is C/C(Nc1ccccc1)=C1/C(=O)NC(Cc2ccccc2)C1=O. The predicted molar refractivity (Wildman–Crippen MR) is 89.8 cm³/mol. The Morgan fingerprint density at radius 3 is 2.26 bits per heavy atom. The zero-order valence-electron chi connectivity index (χ0n) is 12.9. The molecule has 1 amide bonds. The quantitative estimate of drug-likeness (QED) is 0.674. The Morgan fingerprint density at radius 1 is 1.00 bits per heavy atom. The first-order chi connectivity index (χ1) is 11.1. The summed E-state index contributed by atoms with van der Waals surface area (Å²) in [4.78, 5) is 24.8. The highest BCUT2D eigenvalue weighted by molar-refractivity contribution is 6.27. The summed E-state index contributed by atoms with van der Waals surface area (Å²) < 4.78 is 0. The lowest BCUT2D eigenvalue weighted by molar-refractivity contribution is -0.117. The van der Waals surface area contributed by atoms with Gasteiger partial charge in [0.2, 0.25) is 0 Å². The van der Waals surface area contributed by atoms with E-state index in [1.807, 2.05) is 60.7 Å². The average molecular weight is 306 g/mol. The molecule has 116 valence electrons. The van der Waals surface area contributed by atoms with E-state index in [2.05, 4.69) is 10.6 Å². The van der Waals surface area contributed by atoms with Gasteiger partial charge < -0.3 is 10.6 Å². The molecule has 1 heterocycles. The maximum absolute atomic E-state index is 12.6. The van der Waals surface area contributed by atoms with E-state index in [4.69, 9.17) is 0 Å². The van der Waals surface area contributed by atoms with Gasteiger partial charge in [0.05, 0.1) is 6.04 Å². The maximum Gasteiger partial charge on any atom is 0.257 e. The van der Waals surface area contributed by atoms with Gasteiger partial charge in [-0.05, 0) is 24.6 Å². The molecule has 0 aromatic heterocycles. The van der Waals surface area contributed by atoms with E-state index in [1.54, 1.807) is 6.92 Å². The molecule has 0 radical (unpaired) electrons. The van der Waals surface area contributed by atoms with Crippen LogP contribution in [-0.4, -0.2) is 17.7 Å². The van der Waals surface area contributed by atoms with Crippen molar-refractivity contribution >= 4 is 17.4 Å². The molecule has 4 heteroatoms. The number of ketones is 1. The molecular formula is C19H18N2O2. The second-order valence-electron chi connectivity index (χ2n) is 5.57. The minimum atomic E-state index is -0.493. The fraction of sp³-hybridized carbons (Fsp3) is 0.158. The highest BCUT2D eigenvalue weighted by Gasteiger charge is 2.37. The Labute approximate surface area is 135 Å². The summed E-state index contributed by atoms with van der Waals surface area (Å²) in [6, 6.07) is 18.7. The second-order valence-corrected chi connectivity index (χ2v) is 5.57. The number of anilines is 1. The van der Waals surface area contributed by atoms with Gasteiger partial charge in [-0.2, -0.15) is 0 Å². The van der Waals surface area contributed by atoms with Crippen LogP contribution in [-0.2, 0) is 16.0 Å². The van der Waals surface area contributed by atoms with E-state index >= 15 is 0 Å². The maximum atomic E-state index is 12.6. The van der Waals surface area contributed by atoms with E-state index in [-0.39, 0.29) is 17.3 Å². The van der Waals surface area contributed by atoms with E-state index in [1.165, 1.54) is 0 Å². The first-order valence-corrected chi connectivity index (χ1v) is 7.57. The zero-order valence-corrected chi connectivity index (χ0v) is 12.9. The molecule has 1 fully saturated rings. The number of carbonyl (C=O) groups excluding carboxylic acids is 2. The van der Waals surface area contributed by atoms with Crippen LogP contribution >= 0.6 is 0 Å². The van der Waals surface area contributed by atoms with Crippen molar-refractivity contribution in [1.29, 1.82) is 0 Å². The number of amides is 1. The molecule has 0 saturated carbocycles. The minimum absolute atomic E-state index is 0.153. The minimum Gasteiger partial charge on any atom is -0.358 e. The lowest BCUT2D eigenvalue weighted by Gasteiger charge is -2.09. The number of hydrogen-bond acceptors (Lipinski definition) is 3. The molecule has 1 saturated heterocycles. The van der Waals surface area contributed by atoms with Gasteiger partial charge in [0.15, 0.2) is 5.78 Å². The van der Waals surface area contributed by atoms with Crippen LogP contribution in [0.3, 0.4) is 0 Å². The molecule has 2 N–H and O–H groups in total. The fourth-order valence-electron chi connectivity index (χ4n) is 2.73. The van der Waals surface area contributed by atoms with Crippen LogP contribution in [0, 0.1) is 0 Å². The van der Waals surface area contributed by atoms with Gasteiger partial charge in [-0.1, -0.05) is 48.5 Å². The molecule has 23 heavy (non-hydrogen) atoms. The van der Waals surface area contributed by atoms with Crippen LogP contribution in [0.15, 0.2) is 71.9 Å². The summed E-state index contributed by atoms with van der Waals surface area (Å²) in [6.45, 7) is 1.75. The molecule has 2 aromatic rings. The molecule has 0 bridgehead atoms. The van der Waals surface area contributed by atoms with Gasteiger partial charge in [-0.15, -0.1) is 0 Å². The van der Waals surface area contributed by atoms with E-state index in [9.17, 15) is 9.59 Å². The smallest absolute Gasteiger partial charge is 0.257 e. The number of rotatable bonds is 4. The predicted octanol–water partition coefficient (Wildman–Crippen LogP) is 2.68. The van der Waals surface area contributed by atoms with Crippen LogP contribution in [0.25, 0.3) is 0 Å². The van der Waals surface area contributed by atoms with Gasteiger partial charge in [0.1, 0.15) is 5.57 Å². The van der Waals surface area contributed by atoms with Gasteiger partial charge >= 0.3 is 0 Å². The molecule has 1 aliphatic heterocycles. The molecule has 3 rings (SSSR count). The first kappa shape index (κ1) is 15.0. The van der Waals surface area contributed by atoms with Crippen LogP contribution in [0.4, 0.5) is 5.69 Å². The summed E-state index contributed by atoms with van der Waals surface area (Å²) in [5, 5.41) is 5.91. The molecule has 1 unspecified atom stereocenters. The summed E-state index contributed by atoms with van der Waals surface area (Å²) >= 11 is 0. The van der Waals surface area contributed by atoms with Crippen molar-refractivity contribution in [1.82, 2.24) is 5.32 Å². The van der Waals surface area contributed by atoms with Crippen LogP contribution < -0.4 is 10.6 Å². The highest BCUT2D eigenvalue weighted by Crippen LogP contribution is 2.20. The molecule has 2 aromatic carbocycles. The van der Waals surface area contributed by atoms with Crippen molar-refractivity contribution in [2.24, 2.45) is 0 Å². The Balaban J connectivity index is 1.79. The van der Waals surface area contributed by atoms with Crippen LogP contribution in [0.5, 0.6) is 0 Å². The first-order valence-electron chi connectivity index (χ1n) is 7.57. The number of allylic oxidation sites excluding steroid dienone is 1. The Bertz CT molecular complexity index is 751. The third-order valence-corrected chi connectivity index (χ3v) is 3.86. The van der Waals surface area contributed by atoms with E-state index in [0.717, 1.165) is 11.3 Å². The lowest BCUT2D eigenvalue weighted by Crippen LogP contribution is -2.31. The number of para-hydroxylation sites is 1. The highest BCUT2D eigenvalue weighted by atomic mass is 16.2. The lowest BCUT2D eigenvalue weighted by atomic mass is 10.0. The van der Waals surface area contributed by atoms with Gasteiger partial charge in [0, 0.05) is 17.8 Å². The number of hydrogen-bond donors (Lipinski definition) is 2. The third kappa shape index (κ3) is 3.31. The molecule has 0 spiro atoms. The standard InChI is InChI=1S/C19H18N2O2/c1-13(20-15-10-6-3-7-11-15)17-18(22)16(21-19(17)23)12-14-8-4-2-5-9-14/h2-11,16,20H,12H2,1H3,(H,21,23)/b17-13-. The van der Waals surface area contributed by atoms with E-state index in [0.29, 0.717) is 12.1 Å². The summed E-state index contributed by atoms with van der Waals surface area (Å²) in [6.07, 6.45) is 0.507. The van der Waals surface area contributed by atoms with Crippen molar-refractivity contribution in [2.75, 3.05) is 5.32 Å². The summed E-state index contributed by atoms with van der Waals surface area (Å²) in [5.41, 5.74) is 2.68.